The first-order chi connectivity index (χ1) is 14.9. The van der Waals surface area contributed by atoms with Gasteiger partial charge in [0, 0.05) is 24.4 Å². The number of benzene rings is 2. The summed E-state index contributed by atoms with van der Waals surface area (Å²) < 4.78 is 11.4. The molecule has 0 aliphatic carbocycles. The van der Waals surface area contributed by atoms with Crippen molar-refractivity contribution in [2.75, 3.05) is 19.0 Å². The Bertz CT molecular complexity index is 1120. The van der Waals surface area contributed by atoms with E-state index in [0.29, 0.717) is 21.5 Å². The average Bonchev–Trinajstić information content (AvgIpc) is 3.17. The number of ether oxygens (including phenoxy) is 2. The molecule has 0 unspecified atom stereocenters. The number of rotatable bonds is 8. The van der Waals surface area contributed by atoms with Crippen LogP contribution in [0.25, 0.3) is 0 Å². The number of methoxy groups -OCH3 is 1. The van der Waals surface area contributed by atoms with E-state index in [0.717, 1.165) is 11.8 Å². The Balaban J connectivity index is 1.71. The molecule has 0 saturated heterocycles. The second-order valence-electron chi connectivity index (χ2n) is 6.11. The molecule has 1 aromatic heterocycles. The maximum absolute atomic E-state index is 12.6. The van der Waals surface area contributed by atoms with Crippen LogP contribution in [0.1, 0.15) is 10.4 Å². The number of anilines is 1. The minimum Gasteiger partial charge on any atom is -0.482 e. The number of nitro benzene ring substituents is 1. The summed E-state index contributed by atoms with van der Waals surface area (Å²) in [5.41, 5.74) is 0.364. The third kappa shape index (κ3) is 5.57. The highest BCUT2D eigenvalue weighted by Crippen LogP contribution is 2.34. The number of hydrogen-bond donors (Lipinski definition) is 1. The number of carbonyl (C=O) groups is 2. The van der Waals surface area contributed by atoms with E-state index in [1.54, 1.807) is 35.9 Å². The number of aryl methyl sites for hydroxylation is 1. The third-order valence-electron chi connectivity index (χ3n) is 3.99. The van der Waals surface area contributed by atoms with Crippen molar-refractivity contribution in [1.82, 2.24) is 14.8 Å². The zero-order valence-corrected chi connectivity index (χ0v) is 17.3. The largest absolute Gasteiger partial charge is 0.482 e. The van der Waals surface area contributed by atoms with Gasteiger partial charge in [0.05, 0.1) is 16.9 Å². The monoisotopic (exact) mass is 443 g/mol. The molecule has 3 rings (SSSR count). The van der Waals surface area contributed by atoms with Gasteiger partial charge in [-0.15, -0.1) is 10.2 Å². The van der Waals surface area contributed by atoms with E-state index >= 15 is 0 Å². The number of nitrogens with zero attached hydrogens (tertiary/aromatic N) is 4. The zero-order chi connectivity index (χ0) is 22.4. The Hall–Kier alpha value is -3.93. The second kappa shape index (κ2) is 9.71. The molecular formula is C19H17N5O6S. The van der Waals surface area contributed by atoms with Crippen LogP contribution >= 0.6 is 11.8 Å². The van der Waals surface area contributed by atoms with Crippen LogP contribution in [0.2, 0.25) is 0 Å². The summed E-state index contributed by atoms with van der Waals surface area (Å²) in [5, 5.41) is 22.3. The summed E-state index contributed by atoms with van der Waals surface area (Å²) in [6, 6.07) is 10.5. The molecule has 0 aliphatic rings. The molecule has 0 radical (unpaired) electrons. The molecule has 0 atom stereocenters. The van der Waals surface area contributed by atoms with Crippen molar-refractivity contribution < 1.29 is 24.0 Å². The lowest BCUT2D eigenvalue weighted by Crippen LogP contribution is -2.13. The lowest BCUT2D eigenvalue weighted by atomic mass is 10.2. The van der Waals surface area contributed by atoms with Gasteiger partial charge in [-0.2, -0.15) is 0 Å². The number of nitro groups is 1. The summed E-state index contributed by atoms with van der Waals surface area (Å²) in [6.45, 7) is -0.232. The number of carbonyl (C=O) groups excluding carboxylic acids is 2. The highest BCUT2D eigenvalue weighted by Gasteiger charge is 2.20. The van der Waals surface area contributed by atoms with E-state index in [2.05, 4.69) is 20.3 Å². The molecule has 0 spiro atoms. The topological polar surface area (TPSA) is 138 Å². The minimum atomic E-state index is -0.553. The van der Waals surface area contributed by atoms with Gasteiger partial charge in [-0.05, 0) is 48.2 Å². The second-order valence-corrected chi connectivity index (χ2v) is 7.12. The predicted octanol–water partition coefficient (Wildman–Crippen LogP) is 2.68. The molecule has 31 heavy (non-hydrogen) atoms. The minimum absolute atomic E-state index is 0.125. The summed E-state index contributed by atoms with van der Waals surface area (Å²) in [4.78, 5) is 34.9. The van der Waals surface area contributed by atoms with Crippen LogP contribution < -0.4 is 10.1 Å². The van der Waals surface area contributed by atoms with Crippen molar-refractivity contribution >= 4 is 35.0 Å². The van der Waals surface area contributed by atoms with Gasteiger partial charge >= 0.3 is 5.97 Å². The number of aromatic nitrogens is 3. The lowest BCUT2D eigenvalue weighted by molar-refractivity contribution is -0.387. The fraction of sp³-hybridized carbons (Fsp3) is 0.158. The van der Waals surface area contributed by atoms with Crippen LogP contribution in [-0.2, 0) is 16.6 Å². The van der Waals surface area contributed by atoms with Crippen LogP contribution in [0.5, 0.6) is 5.75 Å². The molecular weight excluding hydrogens is 426 g/mol. The molecule has 3 aromatic rings. The van der Waals surface area contributed by atoms with Gasteiger partial charge in [-0.3, -0.25) is 14.9 Å². The lowest BCUT2D eigenvalue weighted by Gasteiger charge is -2.09. The maximum Gasteiger partial charge on any atom is 0.343 e. The van der Waals surface area contributed by atoms with Gasteiger partial charge in [0.25, 0.3) is 11.6 Å². The van der Waals surface area contributed by atoms with Gasteiger partial charge in [0.2, 0.25) is 0 Å². The van der Waals surface area contributed by atoms with Crippen molar-refractivity contribution in [3.8, 4) is 5.75 Å². The van der Waals surface area contributed by atoms with E-state index in [1.807, 2.05) is 0 Å². The number of hydrogen-bond acceptors (Lipinski definition) is 9. The van der Waals surface area contributed by atoms with Crippen LogP contribution in [0.15, 0.2) is 58.8 Å². The van der Waals surface area contributed by atoms with Gasteiger partial charge in [-0.1, -0.05) is 0 Å². The smallest absolute Gasteiger partial charge is 0.343 e. The standard InChI is InChI=1S/C19H17N5O6S/c1-23-11-20-22-19(23)31-16-8-3-12(9-15(16)24(27)28)18(26)21-13-4-6-14(7-5-13)30-10-17(25)29-2/h3-9,11H,10H2,1-2H3,(H,21,26). The van der Waals surface area contributed by atoms with Crippen LogP contribution in [-0.4, -0.2) is 45.3 Å². The SMILES string of the molecule is COC(=O)COc1ccc(NC(=O)c2ccc(Sc3nncn3C)c([N+](=O)[O-])c2)cc1. The van der Waals surface area contributed by atoms with Crippen molar-refractivity contribution in [3.63, 3.8) is 0 Å². The molecule has 160 valence electrons. The van der Waals surface area contributed by atoms with Gasteiger partial charge in [-0.25, -0.2) is 4.79 Å². The Labute approximate surface area is 180 Å². The van der Waals surface area contributed by atoms with Crippen molar-refractivity contribution in [2.45, 2.75) is 10.1 Å². The van der Waals surface area contributed by atoms with Gasteiger partial charge in [0.15, 0.2) is 11.8 Å². The van der Waals surface area contributed by atoms with Crippen molar-refractivity contribution in [2.24, 2.45) is 7.05 Å². The molecule has 11 nitrogen and oxygen atoms in total. The molecule has 12 heteroatoms. The fourth-order valence-electron chi connectivity index (χ4n) is 2.39. The van der Waals surface area contributed by atoms with Crippen molar-refractivity contribution in [3.05, 3.63) is 64.5 Å². The van der Waals surface area contributed by atoms with Gasteiger partial charge in [0.1, 0.15) is 12.1 Å². The highest BCUT2D eigenvalue weighted by atomic mass is 32.2. The number of amides is 1. The summed E-state index contributed by atoms with van der Waals surface area (Å²) >= 11 is 1.08. The number of esters is 1. The van der Waals surface area contributed by atoms with Crippen LogP contribution in [0.4, 0.5) is 11.4 Å². The molecule has 0 fully saturated rings. The Kier molecular flexibility index (Phi) is 6.82. The molecule has 0 aliphatic heterocycles. The summed E-state index contributed by atoms with van der Waals surface area (Å²) in [7, 11) is 2.98. The number of nitrogens with one attached hydrogen (secondary N) is 1. The summed E-state index contributed by atoms with van der Waals surface area (Å²) in [6.07, 6.45) is 1.49. The highest BCUT2D eigenvalue weighted by molar-refractivity contribution is 7.99. The quantitative estimate of drug-likeness (QED) is 0.316. The Morgan fingerprint density at radius 1 is 1.23 bits per heavy atom. The van der Waals surface area contributed by atoms with E-state index in [4.69, 9.17) is 4.74 Å². The molecule has 0 bridgehead atoms. The first-order valence-corrected chi connectivity index (χ1v) is 9.60. The Morgan fingerprint density at radius 2 is 1.97 bits per heavy atom. The third-order valence-corrected chi connectivity index (χ3v) is 5.10. The molecule has 1 heterocycles. The zero-order valence-electron chi connectivity index (χ0n) is 16.5. The molecule has 1 N–H and O–H groups in total. The van der Waals surface area contributed by atoms with Crippen molar-refractivity contribution in [1.29, 1.82) is 0 Å². The maximum atomic E-state index is 12.6. The normalized spacial score (nSPS) is 10.4. The molecule has 0 saturated carbocycles. The van der Waals surface area contributed by atoms with Crippen LogP contribution in [0.3, 0.4) is 0 Å². The fourth-order valence-corrected chi connectivity index (χ4v) is 3.24. The van der Waals surface area contributed by atoms with E-state index in [-0.39, 0.29) is 17.9 Å². The van der Waals surface area contributed by atoms with E-state index in [9.17, 15) is 19.7 Å². The first-order valence-electron chi connectivity index (χ1n) is 8.78. The average molecular weight is 443 g/mol. The van der Waals surface area contributed by atoms with E-state index in [1.165, 1.54) is 31.6 Å². The molecule has 1 amide bonds. The molecule has 2 aromatic carbocycles. The summed E-state index contributed by atoms with van der Waals surface area (Å²) in [5.74, 6) is -0.606. The van der Waals surface area contributed by atoms with E-state index < -0.39 is 16.8 Å². The Morgan fingerprint density at radius 3 is 2.58 bits per heavy atom. The van der Waals surface area contributed by atoms with Crippen LogP contribution in [0, 0.1) is 10.1 Å². The van der Waals surface area contributed by atoms with Gasteiger partial charge < -0.3 is 19.4 Å². The predicted molar refractivity (Wildman–Crippen MR) is 110 cm³/mol. The first kappa shape index (κ1) is 21.8.